The summed E-state index contributed by atoms with van der Waals surface area (Å²) in [5.41, 5.74) is 0. The van der Waals surface area contributed by atoms with E-state index >= 15 is 0 Å². The Balaban J connectivity index is 1.88. The predicted molar refractivity (Wildman–Crippen MR) is 70.2 cm³/mol. The summed E-state index contributed by atoms with van der Waals surface area (Å²) in [6.07, 6.45) is 2.49. The van der Waals surface area contributed by atoms with Crippen LogP contribution < -0.4 is 10.1 Å². The molecule has 2 nitrogen and oxygen atoms in total. The summed E-state index contributed by atoms with van der Waals surface area (Å²) >= 11 is 9.35. The number of hydrogen-bond acceptors (Lipinski definition) is 2. The van der Waals surface area contributed by atoms with Crippen molar-refractivity contribution in [1.29, 1.82) is 0 Å². The van der Waals surface area contributed by atoms with Gasteiger partial charge in [-0.3, -0.25) is 0 Å². The van der Waals surface area contributed by atoms with Gasteiger partial charge in [-0.1, -0.05) is 27.5 Å². The summed E-state index contributed by atoms with van der Waals surface area (Å²) in [7, 11) is 0. The minimum atomic E-state index is 0.617. The molecule has 0 radical (unpaired) electrons. The molecule has 1 aromatic rings. The smallest absolute Gasteiger partial charge is 0.121 e. The van der Waals surface area contributed by atoms with Gasteiger partial charge < -0.3 is 10.1 Å². The third-order valence-electron chi connectivity index (χ3n) is 2.72. The lowest BCUT2D eigenvalue weighted by atomic mass is 10.0. The highest BCUT2D eigenvalue weighted by molar-refractivity contribution is 9.10. The van der Waals surface area contributed by atoms with Crippen molar-refractivity contribution in [3.05, 3.63) is 27.7 Å². The van der Waals surface area contributed by atoms with Crippen molar-refractivity contribution in [2.75, 3.05) is 19.7 Å². The van der Waals surface area contributed by atoms with Crippen molar-refractivity contribution in [3.63, 3.8) is 0 Å². The van der Waals surface area contributed by atoms with Crippen molar-refractivity contribution in [2.45, 2.75) is 12.8 Å². The Morgan fingerprint density at radius 1 is 1.44 bits per heavy atom. The van der Waals surface area contributed by atoms with Gasteiger partial charge in [0.2, 0.25) is 0 Å². The topological polar surface area (TPSA) is 21.3 Å². The number of benzene rings is 1. The molecule has 0 aromatic heterocycles. The molecule has 1 aliphatic rings. The molecule has 0 saturated carbocycles. The minimum Gasteiger partial charge on any atom is -0.493 e. The molecule has 1 atom stereocenters. The third kappa shape index (κ3) is 3.65. The van der Waals surface area contributed by atoms with Crippen LogP contribution in [-0.2, 0) is 0 Å². The SMILES string of the molecule is Clc1cc(Br)cc(OC[C@H]2CCCNC2)c1. The van der Waals surface area contributed by atoms with E-state index in [1.165, 1.54) is 12.8 Å². The number of rotatable bonds is 3. The molecular formula is C12H15BrClNO. The Bertz CT molecular complexity index is 333. The van der Waals surface area contributed by atoms with Crippen LogP contribution in [0.5, 0.6) is 5.75 Å². The summed E-state index contributed by atoms with van der Waals surface area (Å²) in [6.45, 7) is 2.96. The van der Waals surface area contributed by atoms with Gasteiger partial charge in [-0.05, 0) is 37.6 Å². The van der Waals surface area contributed by atoms with Crippen molar-refractivity contribution in [2.24, 2.45) is 5.92 Å². The van der Waals surface area contributed by atoms with Crippen LogP contribution in [0.15, 0.2) is 22.7 Å². The molecule has 1 aromatic carbocycles. The molecular weight excluding hydrogens is 289 g/mol. The van der Waals surface area contributed by atoms with Gasteiger partial charge in [0.25, 0.3) is 0 Å². The fourth-order valence-electron chi connectivity index (χ4n) is 1.89. The molecule has 88 valence electrons. The molecule has 2 rings (SSSR count). The van der Waals surface area contributed by atoms with Crippen molar-refractivity contribution >= 4 is 27.5 Å². The van der Waals surface area contributed by atoms with Gasteiger partial charge in [-0.25, -0.2) is 0 Å². The molecule has 0 spiro atoms. The second-order valence-corrected chi connectivity index (χ2v) is 5.48. The lowest BCUT2D eigenvalue weighted by molar-refractivity contribution is 0.218. The zero-order valence-corrected chi connectivity index (χ0v) is 11.4. The Labute approximate surface area is 109 Å². The lowest BCUT2D eigenvalue weighted by Gasteiger charge is -2.22. The Morgan fingerprint density at radius 3 is 3.00 bits per heavy atom. The van der Waals surface area contributed by atoms with Crippen LogP contribution in [0.2, 0.25) is 5.02 Å². The molecule has 16 heavy (non-hydrogen) atoms. The first kappa shape index (κ1) is 12.2. The molecule has 0 aliphatic carbocycles. The van der Waals surface area contributed by atoms with E-state index in [4.69, 9.17) is 16.3 Å². The highest BCUT2D eigenvalue weighted by Crippen LogP contribution is 2.25. The highest BCUT2D eigenvalue weighted by Gasteiger charge is 2.13. The summed E-state index contributed by atoms with van der Waals surface area (Å²) in [5, 5.41) is 4.08. The summed E-state index contributed by atoms with van der Waals surface area (Å²) < 4.78 is 6.71. The molecule has 1 N–H and O–H groups in total. The first-order chi connectivity index (χ1) is 7.74. The Morgan fingerprint density at radius 2 is 2.31 bits per heavy atom. The van der Waals surface area contributed by atoms with Crippen molar-refractivity contribution in [1.82, 2.24) is 5.32 Å². The number of hydrogen-bond donors (Lipinski definition) is 1. The van der Waals surface area contributed by atoms with Gasteiger partial charge in [0, 0.05) is 22.0 Å². The normalized spacial score (nSPS) is 20.8. The molecule has 1 aliphatic heterocycles. The largest absolute Gasteiger partial charge is 0.493 e. The number of piperidine rings is 1. The predicted octanol–water partition coefficient (Wildman–Crippen LogP) is 3.48. The molecule has 0 bridgehead atoms. The Hall–Kier alpha value is -0.250. The summed E-state index contributed by atoms with van der Waals surface area (Å²) in [4.78, 5) is 0. The van der Waals surface area contributed by atoms with E-state index in [-0.39, 0.29) is 0 Å². The van der Waals surface area contributed by atoms with E-state index in [0.29, 0.717) is 10.9 Å². The standard InChI is InChI=1S/C12H15BrClNO/c13-10-4-11(14)6-12(5-10)16-8-9-2-1-3-15-7-9/h4-6,9,15H,1-3,7-8H2/t9-/m0/s1. The first-order valence-electron chi connectivity index (χ1n) is 5.53. The van der Waals surface area contributed by atoms with E-state index in [0.717, 1.165) is 29.9 Å². The average Bonchev–Trinajstić information content (AvgIpc) is 2.27. The minimum absolute atomic E-state index is 0.617. The first-order valence-corrected chi connectivity index (χ1v) is 6.71. The van der Waals surface area contributed by atoms with E-state index in [1.54, 1.807) is 0 Å². The second kappa shape index (κ2) is 5.89. The lowest BCUT2D eigenvalue weighted by Crippen LogP contribution is -2.33. The van der Waals surface area contributed by atoms with Crippen LogP contribution in [-0.4, -0.2) is 19.7 Å². The van der Waals surface area contributed by atoms with Gasteiger partial charge in [0.15, 0.2) is 0 Å². The van der Waals surface area contributed by atoms with Crippen LogP contribution in [0, 0.1) is 5.92 Å². The van der Waals surface area contributed by atoms with E-state index in [2.05, 4.69) is 21.2 Å². The van der Waals surface area contributed by atoms with Gasteiger partial charge >= 0.3 is 0 Å². The quantitative estimate of drug-likeness (QED) is 0.923. The van der Waals surface area contributed by atoms with Crippen molar-refractivity contribution in [3.8, 4) is 5.75 Å². The van der Waals surface area contributed by atoms with Crippen LogP contribution in [0.4, 0.5) is 0 Å². The van der Waals surface area contributed by atoms with Gasteiger partial charge in [-0.15, -0.1) is 0 Å². The zero-order chi connectivity index (χ0) is 11.4. The zero-order valence-electron chi connectivity index (χ0n) is 9.01. The van der Waals surface area contributed by atoms with Gasteiger partial charge in [0.05, 0.1) is 6.61 Å². The van der Waals surface area contributed by atoms with Crippen LogP contribution in [0.3, 0.4) is 0 Å². The van der Waals surface area contributed by atoms with Crippen LogP contribution in [0.25, 0.3) is 0 Å². The molecule has 0 unspecified atom stereocenters. The number of halogens is 2. The van der Waals surface area contributed by atoms with Crippen LogP contribution >= 0.6 is 27.5 Å². The monoisotopic (exact) mass is 303 g/mol. The molecule has 1 heterocycles. The fraction of sp³-hybridized carbons (Fsp3) is 0.500. The third-order valence-corrected chi connectivity index (χ3v) is 3.40. The average molecular weight is 305 g/mol. The van der Waals surface area contributed by atoms with Crippen molar-refractivity contribution < 1.29 is 4.74 Å². The number of ether oxygens (including phenoxy) is 1. The molecule has 1 fully saturated rings. The molecule has 1 saturated heterocycles. The summed E-state index contributed by atoms with van der Waals surface area (Å²) in [5.74, 6) is 1.46. The van der Waals surface area contributed by atoms with E-state index < -0.39 is 0 Å². The van der Waals surface area contributed by atoms with Crippen LogP contribution in [0.1, 0.15) is 12.8 Å². The van der Waals surface area contributed by atoms with Gasteiger partial charge in [0.1, 0.15) is 5.75 Å². The van der Waals surface area contributed by atoms with Gasteiger partial charge in [-0.2, -0.15) is 0 Å². The maximum atomic E-state index is 5.95. The highest BCUT2D eigenvalue weighted by atomic mass is 79.9. The summed E-state index contributed by atoms with van der Waals surface area (Å²) in [6, 6.07) is 5.65. The van der Waals surface area contributed by atoms with E-state index in [9.17, 15) is 0 Å². The second-order valence-electron chi connectivity index (χ2n) is 4.13. The maximum absolute atomic E-state index is 5.95. The Kier molecular flexibility index (Phi) is 4.50. The van der Waals surface area contributed by atoms with E-state index in [1.807, 2.05) is 18.2 Å². The fourth-order valence-corrected chi connectivity index (χ4v) is 2.72. The molecule has 0 amide bonds. The number of nitrogens with one attached hydrogen (secondary N) is 1. The maximum Gasteiger partial charge on any atom is 0.121 e. The molecule has 4 heteroatoms.